The van der Waals surface area contributed by atoms with Crippen LogP contribution >= 0.6 is 0 Å². The molecule has 0 amide bonds. The number of nitrogens with zero attached hydrogens (tertiary/aromatic N) is 1. The molecule has 1 aromatic heterocycles. The van der Waals surface area contributed by atoms with Gasteiger partial charge in [0.1, 0.15) is 0 Å². The van der Waals surface area contributed by atoms with Crippen LogP contribution in [-0.4, -0.2) is 11.0 Å². The molecule has 2 unspecified atom stereocenters. The normalized spacial score (nSPS) is 30.1. The van der Waals surface area contributed by atoms with Gasteiger partial charge in [0.05, 0.1) is 6.20 Å². The van der Waals surface area contributed by atoms with Crippen molar-refractivity contribution in [1.82, 2.24) is 4.98 Å². The standard InChI is InChI=1S/C8H9N2/c9-8-4-7(8)6-2-1-3-10-5-6/h1-2,5,7-8H,4,9H2. The highest BCUT2D eigenvalue weighted by Crippen LogP contribution is 2.38. The molecule has 51 valence electrons. The summed E-state index contributed by atoms with van der Waals surface area (Å²) in [7, 11) is 0. The maximum atomic E-state index is 5.66. The van der Waals surface area contributed by atoms with Crippen LogP contribution < -0.4 is 5.73 Å². The molecule has 0 aliphatic heterocycles. The monoisotopic (exact) mass is 133 g/mol. The minimum atomic E-state index is 0.379. The Bertz CT molecular complexity index is 220. The third kappa shape index (κ3) is 0.907. The Labute approximate surface area is 60.1 Å². The molecule has 1 aliphatic carbocycles. The van der Waals surface area contributed by atoms with Gasteiger partial charge in [-0.05, 0) is 18.1 Å². The predicted molar refractivity (Wildman–Crippen MR) is 38.4 cm³/mol. The zero-order chi connectivity index (χ0) is 6.97. The summed E-state index contributed by atoms with van der Waals surface area (Å²) in [5.41, 5.74) is 6.92. The first kappa shape index (κ1) is 5.86. The molecule has 1 fully saturated rings. The number of hydrogen-bond acceptors (Lipinski definition) is 2. The van der Waals surface area contributed by atoms with Gasteiger partial charge < -0.3 is 5.73 Å². The van der Waals surface area contributed by atoms with Gasteiger partial charge >= 0.3 is 0 Å². The second-order valence-electron chi connectivity index (χ2n) is 2.73. The van der Waals surface area contributed by atoms with E-state index in [9.17, 15) is 0 Å². The summed E-state index contributed by atoms with van der Waals surface area (Å²) in [4.78, 5) is 3.90. The quantitative estimate of drug-likeness (QED) is 0.612. The average molecular weight is 133 g/mol. The Balaban J connectivity index is 2.20. The van der Waals surface area contributed by atoms with Crippen molar-refractivity contribution in [3.8, 4) is 0 Å². The fraction of sp³-hybridized carbons (Fsp3) is 0.375. The number of nitrogens with two attached hydrogens (primary N) is 1. The highest BCUT2D eigenvalue weighted by atomic mass is 14.7. The highest BCUT2D eigenvalue weighted by molar-refractivity contribution is 5.23. The second-order valence-corrected chi connectivity index (χ2v) is 2.73. The number of hydrogen-bond donors (Lipinski definition) is 1. The molecule has 0 saturated heterocycles. The zero-order valence-electron chi connectivity index (χ0n) is 5.62. The lowest BCUT2D eigenvalue weighted by atomic mass is 10.2. The number of rotatable bonds is 1. The molecular formula is C8H9N2. The Morgan fingerprint density at radius 1 is 1.70 bits per heavy atom. The number of aromatic nitrogens is 1. The van der Waals surface area contributed by atoms with E-state index >= 15 is 0 Å². The topological polar surface area (TPSA) is 38.9 Å². The van der Waals surface area contributed by atoms with E-state index in [2.05, 4.69) is 11.2 Å². The van der Waals surface area contributed by atoms with Crippen molar-refractivity contribution in [3.63, 3.8) is 0 Å². The average Bonchev–Trinajstić information content (AvgIpc) is 2.69. The zero-order valence-corrected chi connectivity index (χ0v) is 5.62. The van der Waals surface area contributed by atoms with Gasteiger partial charge in [-0.1, -0.05) is 6.07 Å². The van der Waals surface area contributed by atoms with Gasteiger partial charge in [-0.2, -0.15) is 0 Å². The van der Waals surface area contributed by atoms with Crippen molar-refractivity contribution in [1.29, 1.82) is 0 Å². The lowest BCUT2D eigenvalue weighted by Gasteiger charge is -1.93. The molecule has 2 nitrogen and oxygen atoms in total. The molecule has 2 rings (SSSR count). The molecule has 2 N–H and O–H groups in total. The van der Waals surface area contributed by atoms with E-state index in [0.717, 1.165) is 6.42 Å². The van der Waals surface area contributed by atoms with Crippen LogP contribution in [0, 0.1) is 6.20 Å². The van der Waals surface area contributed by atoms with Gasteiger partial charge in [0.15, 0.2) is 0 Å². The largest absolute Gasteiger partial charge is 0.327 e. The third-order valence-electron chi connectivity index (χ3n) is 1.91. The maximum Gasteiger partial charge on any atom is 0.0886 e. The van der Waals surface area contributed by atoms with Gasteiger partial charge in [-0.25, -0.2) is 0 Å². The van der Waals surface area contributed by atoms with E-state index in [-0.39, 0.29) is 0 Å². The van der Waals surface area contributed by atoms with Crippen LogP contribution in [0.2, 0.25) is 0 Å². The van der Waals surface area contributed by atoms with Gasteiger partial charge in [-0.3, -0.25) is 4.98 Å². The van der Waals surface area contributed by atoms with Crippen LogP contribution in [0.15, 0.2) is 18.3 Å². The first-order valence-electron chi connectivity index (χ1n) is 3.45. The first-order valence-corrected chi connectivity index (χ1v) is 3.45. The van der Waals surface area contributed by atoms with Crippen LogP contribution in [0.3, 0.4) is 0 Å². The minimum Gasteiger partial charge on any atom is -0.327 e. The molecule has 1 heterocycles. The molecule has 1 saturated carbocycles. The van der Waals surface area contributed by atoms with E-state index in [4.69, 9.17) is 5.73 Å². The first-order chi connectivity index (χ1) is 4.88. The smallest absolute Gasteiger partial charge is 0.0886 e. The molecule has 10 heavy (non-hydrogen) atoms. The van der Waals surface area contributed by atoms with E-state index in [1.165, 1.54) is 5.56 Å². The molecule has 1 radical (unpaired) electrons. The Kier molecular flexibility index (Phi) is 1.21. The van der Waals surface area contributed by atoms with Crippen LogP contribution in [0.1, 0.15) is 17.9 Å². The van der Waals surface area contributed by atoms with E-state index in [1.807, 2.05) is 18.3 Å². The van der Waals surface area contributed by atoms with Crippen LogP contribution in [0.5, 0.6) is 0 Å². The minimum absolute atomic E-state index is 0.379. The van der Waals surface area contributed by atoms with Crippen LogP contribution in [-0.2, 0) is 0 Å². The molecule has 0 bridgehead atoms. The molecule has 1 aromatic rings. The maximum absolute atomic E-state index is 5.66. The molecule has 0 spiro atoms. The van der Waals surface area contributed by atoms with E-state index in [0.29, 0.717) is 12.0 Å². The lowest BCUT2D eigenvalue weighted by molar-refractivity contribution is 0.980. The van der Waals surface area contributed by atoms with Gasteiger partial charge in [-0.15, -0.1) is 0 Å². The van der Waals surface area contributed by atoms with Gasteiger partial charge in [0.25, 0.3) is 0 Å². The summed E-state index contributed by atoms with van der Waals surface area (Å²) in [6.07, 6.45) is 5.70. The van der Waals surface area contributed by atoms with Crippen molar-refractivity contribution < 1.29 is 0 Å². The van der Waals surface area contributed by atoms with E-state index in [1.54, 1.807) is 0 Å². The SMILES string of the molecule is NC1CC1c1cc[c]nc1. The summed E-state index contributed by atoms with van der Waals surface area (Å²) >= 11 is 0. The second kappa shape index (κ2) is 2.06. The van der Waals surface area contributed by atoms with Crippen molar-refractivity contribution in [3.05, 3.63) is 30.1 Å². The highest BCUT2D eigenvalue weighted by Gasteiger charge is 2.34. The summed E-state index contributed by atoms with van der Waals surface area (Å²) in [6.45, 7) is 0. The Morgan fingerprint density at radius 2 is 2.50 bits per heavy atom. The predicted octanol–water partition coefficient (Wildman–Crippen LogP) is 0.696. The fourth-order valence-electron chi connectivity index (χ4n) is 1.15. The Hall–Kier alpha value is -0.890. The third-order valence-corrected chi connectivity index (χ3v) is 1.91. The summed E-state index contributed by atoms with van der Waals surface area (Å²) < 4.78 is 0. The van der Waals surface area contributed by atoms with Crippen molar-refractivity contribution >= 4 is 0 Å². The summed E-state index contributed by atoms with van der Waals surface area (Å²) in [6, 6.07) is 4.24. The van der Waals surface area contributed by atoms with Crippen molar-refractivity contribution in [2.75, 3.05) is 0 Å². The van der Waals surface area contributed by atoms with Gasteiger partial charge in [0.2, 0.25) is 0 Å². The van der Waals surface area contributed by atoms with Gasteiger partial charge in [0, 0.05) is 18.2 Å². The van der Waals surface area contributed by atoms with Crippen LogP contribution in [0.4, 0.5) is 0 Å². The number of pyridine rings is 1. The van der Waals surface area contributed by atoms with E-state index < -0.39 is 0 Å². The molecule has 2 heteroatoms. The molecule has 2 atom stereocenters. The fourth-order valence-corrected chi connectivity index (χ4v) is 1.15. The van der Waals surface area contributed by atoms with Crippen molar-refractivity contribution in [2.24, 2.45) is 5.73 Å². The summed E-state index contributed by atoms with van der Waals surface area (Å²) in [5, 5.41) is 0. The van der Waals surface area contributed by atoms with Crippen molar-refractivity contribution in [2.45, 2.75) is 18.4 Å². The summed E-state index contributed by atoms with van der Waals surface area (Å²) in [5.74, 6) is 0.571. The van der Waals surface area contributed by atoms with Crippen LogP contribution in [0.25, 0.3) is 0 Å². The lowest BCUT2D eigenvalue weighted by Crippen LogP contribution is -2.00. The molecular weight excluding hydrogens is 124 g/mol. The Morgan fingerprint density at radius 3 is 3.00 bits per heavy atom. The molecule has 1 aliphatic rings. The molecule has 0 aromatic carbocycles.